The predicted molar refractivity (Wildman–Crippen MR) is 120 cm³/mol. The number of hydrogen-bond acceptors (Lipinski definition) is 6. The maximum Gasteiger partial charge on any atom is 0.261 e. The maximum atomic E-state index is 12.8. The number of hydrogen-bond donors (Lipinski definition) is 2. The highest BCUT2D eigenvalue weighted by Crippen LogP contribution is 2.36. The first kappa shape index (κ1) is 20.7. The number of carbonyl (C=O) groups excluding carboxylic acids is 1. The number of nitrogens with one attached hydrogen (secondary N) is 2. The molecule has 1 aromatic carbocycles. The normalized spacial score (nSPS) is 14.7. The minimum atomic E-state index is -0.0270. The highest BCUT2D eigenvalue weighted by atomic mass is 32.1. The van der Waals surface area contributed by atoms with E-state index >= 15 is 0 Å². The summed E-state index contributed by atoms with van der Waals surface area (Å²) in [6, 6.07) is 10.1. The van der Waals surface area contributed by atoms with Gasteiger partial charge < -0.3 is 19.9 Å². The van der Waals surface area contributed by atoms with Gasteiger partial charge in [-0.25, -0.2) is 9.97 Å². The Kier molecular flexibility index (Phi) is 6.56. The van der Waals surface area contributed by atoms with Gasteiger partial charge in [-0.3, -0.25) is 4.79 Å². The SMILES string of the molecule is Cc1c(C(=O)NCCC[NH+]2CCOCC2)sc2ncnc(N(C)c3ccccc3)c12. The van der Waals surface area contributed by atoms with Crippen LogP contribution < -0.4 is 15.1 Å². The molecule has 1 aliphatic rings. The molecule has 0 unspecified atom stereocenters. The van der Waals surface area contributed by atoms with E-state index in [4.69, 9.17) is 4.74 Å². The van der Waals surface area contributed by atoms with Crippen LogP contribution in [0.2, 0.25) is 0 Å². The molecule has 158 valence electrons. The van der Waals surface area contributed by atoms with Crippen molar-refractivity contribution in [1.29, 1.82) is 0 Å². The van der Waals surface area contributed by atoms with Gasteiger partial charge >= 0.3 is 0 Å². The lowest BCUT2D eigenvalue weighted by Crippen LogP contribution is -3.14. The fraction of sp³-hybridized carbons (Fsp3) is 0.409. The molecular weight excluding hydrogens is 398 g/mol. The molecule has 4 rings (SSSR count). The molecule has 1 aliphatic heterocycles. The number of aryl methyl sites for hydroxylation is 1. The number of morpholine rings is 1. The molecule has 1 amide bonds. The summed E-state index contributed by atoms with van der Waals surface area (Å²) in [7, 11) is 1.99. The largest absolute Gasteiger partial charge is 0.370 e. The van der Waals surface area contributed by atoms with E-state index in [0.717, 1.165) is 66.6 Å². The van der Waals surface area contributed by atoms with Crippen LogP contribution in [0.15, 0.2) is 36.7 Å². The van der Waals surface area contributed by atoms with E-state index in [0.29, 0.717) is 11.4 Å². The number of ether oxygens (including phenoxy) is 1. The summed E-state index contributed by atoms with van der Waals surface area (Å²) in [5.41, 5.74) is 1.98. The number of thiophene rings is 1. The van der Waals surface area contributed by atoms with Crippen LogP contribution in [0.5, 0.6) is 0 Å². The van der Waals surface area contributed by atoms with Crippen molar-refractivity contribution in [2.24, 2.45) is 0 Å². The minimum absolute atomic E-state index is 0.0270. The lowest BCUT2D eigenvalue weighted by atomic mass is 10.2. The topological polar surface area (TPSA) is 71.8 Å². The van der Waals surface area contributed by atoms with Crippen molar-refractivity contribution in [3.63, 3.8) is 0 Å². The molecule has 3 heterocycles. The second-order valence-electron chi connectivity index (χ2n) is 7.55. The van der Waals surface area contributed by atoms with E-state index in [2.05, 4.69) is 15.3 Å². The van der Waals surface area contributed by atoms with Gasteiger partial charge in [-0.2, -0.15) is 0 Å². The Labute approximate surface area is 180 Å². The van der Waals surface area contributed by atoms with Crippen LogP contribution in [0.1, 0.15) is 21.7 Å². The Hall–Kier alpha value is -2.55. The van der Waals surface area contributed by atoms with Crippen LogP contribution >= 0.6 is 11.3 Å². The number of rotatable bonds is 7. The molecule has 7 nitrogen and oxygen atoms in total. The number of amides is 1. The lowest BCUT2D eigenvalue weighted by Gasteiger charge is -2.23. The molecule has 0 spiro atoms. The summed E-state index contributed by atoms with van der Waals surface area (Å²) in [6.45, 7) is 7.51. The molecule has 2 N–H and O–H groups in total. The number of nitrogens with zero attached hydrogens (tertiary/aromatic N) is 3. The predicted octanol–water partition coefficient (Wildman–Crippen LogP) is 1.80. The number of carbonyl (C=O) groups is 1. The number of benzene rings is 1. The van der Waals surface area contributed by atoms with Crippen LogP contribution in [0.25, 0.3) is 10.2 Å². The van der Waals surface area contributed by atoms with E-state index in [1.807, 2.05) is 49.2 Å². The van der Waals surface area contributed by atoms with Crippen LogP contribution in [0.3, 0.4) is 0 Å². The maximum absolute atomic E-state index is 12.8. The van der Waals surface area contributed by atoms with Crippen LogP contribution in [-0.4, -0.2) is 62.3 Å². The second-order valence-corrected chi connectivity index (χ2v) is 8.55. The third-order valence-electron chi connectivity index (χ3n) is 5.57. The Bertz CT molecular complexity index is 1000. The minimum Gasteiger partial charge on any atom is -0.370 e. The molecule has 3 aromatic rings. The molecule has 2 aromatic heterocycles. The fourth-order valence-corrected chi connectivity index (χ4v) is 4.89. The molecule has 30 heavy (non-hydrogen) atoms. The Morgan fingerprint density at radius 3 is 2.77 bits per heavy atom. The summed E-state index contributed by atoms with van der Waals surface area (Å²) in [5.74, 6) is 0.788. The average molecular weight is 427 g/mol. The van der Waals surface area contributed by atoms with Gasteiger partial charge in [0.2, 0.25) is 0 Å². The summed E-state index contributed by atoms with van der Waals surface area (Å²) in [4.78, 5) is 26.9. The van der Waals surface area contributed by atoms with Gasteiger partial charge in [-0.1, -0.05) is 18.2 Å². The Morgan fingerprint density at radius 2 is 2.00 bits per heavy atom. The standard InChI is InChI=1S/C22H27N5O2S/c1-16-18-20(26(2)17-7-4-3-5-8-17)24-15-25-22(18)30-19(16)21(28)23-9-6-10-27-11-13-29-14-12-27/h3-5,7-8,15H,6,9-14H2,1-2H3,(H,23,28)/p+1. The van der Waals surface area contributed by atoms with Crippen molar-refractivity contribution in [2.45, 2.75) is 13.3 Å². The van der Waals surface area contributed by atoms with Crippen molar-refractivity contribution < 1.29 is 14.4 Å². The summed E-state index contributed by atoms with van der Waals surface area (Å²) in [6.07, 6.45) is 2.53. The average Bonchev–Trinajstić information content (AvgIpc) is 3.14. The highest BCUT2D eigenvalue weighted by molar-refractivity contribution is 7.20. The van der Waals surface area contributed by atoms with Crippen molar-refractivity contribution in [2.75, 3.05) is 51.3 Å². The van der Waals surface area contributed by atoms with Gasteiger partial charge in [0.15, 0.2) is 0 Å². The summed E-state index contributed by atoms with van der Waals surface area (Å²) in [5, 5.41) is 4.03. The molecule has 0 saturated carbocycles. The first-order valence-corrected chi connectivity index (χ1v) is 11.2. The molecule has 0 radical (unpaired) electrons. The van der Waals surface area contributed by atoms with Gasteiger partial charge in [0.05, 0.1) is 30.0 Å². The molecular formula is C22H28N5O2S+. The molecule has 8 heteroatoms. The summed E-state index contributed by atoms with van der Waals surface area (Å²) >= 11 is 1.43. The lowest BCUT2D eigenvalue weighted by molar-refractivity contribution is -0.908. The van der Waals surface area contributed by atoms with Crippen molar-refractivity contribution in [3.05, 3.63) is 47.1 Å². The number of para-hydroxylation sites is 1. The van der Waals surface area contributed by atoms with Crippen LogP contribution in [0.4, 0.5) is 11.5 Å². The van der Waals surface area contributed by atoms with E-state index in [-0.39, 0.29) is 5.91 Å². The monoisotopic (exact) mass is 426 g/mol. The molecule has 0 atom stereocenters. The Balaban J connectivity index is 1.47. The van der Waals surface area contributed by atoms with Gasteiger partial charge in [0, 0.05) is 25.7 Å². The molecule has 1 saturated heterocycles. The van der Waals surface area contributed by atoms with E-state index in [1.165, 1.54) is 11.3 Å². The highest BCUT2D eigenvalue weighted by Gasteiger charge is 2.21. The van der Waals surface area contributed by atoms with Crippen LogP contribution in [-0.2, 0) is 4.74 Å². The first-order valence-electron chi connectivity index (χ1n) is 10.4. The fourth-order valence-electron chi connectivity index (χ4n) is 3.83. The van der Waals surface area contributed by atoms with Crippen molar-refractivity contribution in [1.82, 2.24) is 15.3 Å². The number of fused-ring (bicyclic) bond motifs is 1. The zero-order chi connectivity index (χ0) is 20.9. The molecule has 0 bridgehead atoms. The van der Waals surface area contributed by atoms with Crippen molar-refractivity contribution >= 4 is 39.0 Å². The number of anilines is 2. The first-order chi connectivity index (χ1) is 14.6. The summed E-state index contributed by atoms with van der Waals surface area (Å²) < 4.78 is 5.40. The van der Waals surface area contributed by atoms with Crippen molar-refractivity contribution in [3.8, 4) is 0 Å². The molecule has 1 fully saturated rings. The van der Waals surface area contributed by atoms with Crippen LogP contribution in [0, 0.1) is 6.92 Å². The van der Waals surface area contributed by atoms with E-state index in [9.17, 15) is 4.79 Å². The van der Waals surface area contributed by atoms with Gasteiger partial charge in [0.1, 0.15) is 30.1 Å². The molecule has 0 aliphatic carbocycles. The number of quaternary nitrogens is 1. The third-order valence-corrected chi connectivity index (χ3v) is 6.77. The van der Waals surface area contributed by atoms with E-state index < -0.39 is 0 Å². The van der Waals surface area contributed by atoms with Gasteiger partial charge in [0.25, 0.3) is 5.91 Å². The zero-order valence-corrected chi connectivity index (χ0v) is 18.3. The van der Waals surface area contributed by atoms with E-state index in [1.54, 1.807) is 11.2 Å². The second kappa shape index (κ2) is 9.51. The Morgan fingerprint density at radius 1 is 1.23 bits per heavy atom. The third kappa shape index (κ3) is 4.45. The smallest absolute Gasteiger partial charge is 0.261 e. The zero-order valence-electron chi connectivity index (χ0n) is 17.5. The van der Waals surface area contributed by atoms with Gasteiger partial charge in [-0.15, -0.1) is 11.3 Å². The number of aromatic nitrogens is 2. The van der Waals surface area contributed by atoms with Gasteiger partial charge in [-0.05, 0) is 24.6 Å². The quantitative estimate of drug-likeness (QED) is 0.564.